The van der Waals surface area contributed by atoms with Gasteiger partial charge >= 0.3 is 0 Å². The van der Waals surface area contributed by atoms with Crippen molar-refractivity contribution < 1.29 is 9.59 Å². The molecule has 32 heavy (non-hydrogen) atoms. The number of nitrogens with zero attached hydrogens (tertiary/aromatic N) is 2. The van der Waals surface area contributed by atoms with Crippen LogP contribution in [0, 0.1) is 6.92 Å². The second-order valence-electron chi connectivity index (χ2n) is 7.47. The van der Waals surface area contributed by atoms with Gasteiger partial charge < -0.3 is 10.2 Å². The van der Waals surface area contributed by atoms with Gasteiger partial charge in [0.15, 0.2) is 0 Å². The number of carbonyl (C=O) groups excluding carboxylic acids is 2. The number of benzene rings is 3. The maximum Gasteiger partial charge on any atom is 0.287 e. The SMILES string of the molecule is Cc1ccc(/C=N/NC(=O)/C(=C\c2ccc(N(C)C)cc2)NC(=O)c2ccccc2)cc1. The van der Waals surface area contributed by atoms with Crippen LogP contribution in [0.5, 0.6) is 0 Å². The summed E-state index contributed by atoms with van der Waals surface area (Å²) in [5, 5.41) is 6.73. The third-order valence-corrected chi connectivity index (χ3v) is 4.71. The molecule has 0 heterocycles. The van der Waals surface area contributed by atoms with Crippen molar-refractivity contribution in [2.45, 2.75) is 6.92 Å². The van der Waals surface area contributed by atoms with Gasteiger partial charge in [0.25, 0.3) is 11.8 Å². The zero-order valence-corrected chi connectivity index (χ0v) is 18.4. The Morgan fingerprint density at radius 2 is 1.47 bits per heavy atom. The van der Waals surface area contributed by atoms with E-state index < -0.39 is 5.91 Å². The molecule has 0 bridgehead atoms. The Hall–Kier alpha value is -4.19. The summed E-state index contributed by atoms with van der Waals surface area (Å²) in [5.74, 6) is -0.895. The number of amides is 2. The third kappa shape index (κ3) is 6.40. The van der Waals surface area contributed by atoms with E-state index in [9.17, 15) is 9.59 Å². The minimum Gasteiger partial charge on any atom is -0.378 e. The van der Waals surface area contributed by atoms with Crippen molar-refractivity contribution in [3.05, 3.63) is 107 Å². The molecule has 6 heteroatoms. The van der Waals surface area contributed by atoms with Gasteiger partial charge in [-0.15, -0.1) is 0 Å². The monoisotopic (exact) mass is 426 g/mol. The van der Waals surface area contributed by atoms with E-state index in [1.807, 2.05) is 80.5 Å². The Labute approximate surface area is 188 Å². The molecule has 3 aromatic carbocycles. The van der Waals surface area contributed by atoms with Crippen LogP contribution in [0.1, 0.15) is 27.0 Å². The second kappa shape index (κ2) is 10.7. The van der Waals surface area contributed by atoms with Crippen molar-refractivity contribution >= 4 is 29.8 Å². The zero-order valence-electron chi connectivity index (χ0n) is 18.4. The molecular formula is C26H26N4O2. The van der Waals surface area contributed by atoms with Crippen LogP contribution in [0.4, 0.5) is 5.69 Å². The molecule has 2 N–H and O–H groups in total. The summed E-state index contributed by atoms with van der Waals surface area (Å²) in [7, 11) is 3.91. The maximum atomic E-state index is 12.8. The van der Waals surface area contributed by atoms with Gasteiger partial charge in [0, 0.05) is 25.3 Å². The predicted octanol–water partition coefficient (Wildman–Crippen LogP) is 3.98. The smallest absolute Gasteiger partial charge is 0.287 e. The lowest BCUT2D eigenvalue weighted by atomic mass is 10.1. The van der Waals surface area contributed by atoms with E-state index in [0.717, 1.165) is 22.4 Å². The fraction of sp³-hybridized carbons (Fsp3) is 0.115. The normalized spacial score (nSPS) is 11.3. The van der Waals surface area contributed by atoms with Crippen LogP contribution < -0.4 is 15.6 Å². The lowest BCUT2D eigenvalue weighted by Crippen LogP contribution is -2.32. The van der Waals surface area contributed by atoms with E-state index in [1.54, 1.807) is 36.6 Å². The first-order valence-electron chi connectivity index (χ1n) is 10.2. The number of rotatable bonds is 7. The predicted molar refractivity (Wildman–Crippen MR) is 130 cm³/mol. The first-order chi connectivity index (χ1) is 15.4. The zero-order chi connectivity index (χ0) is 22.9. The summed E-state index contributed by atoms with van der Waals surface area (Å²) in [6.45, 7) is 2.00. The number of nitrogens with one attached hydrogen (secondary N) is 2. The average molecular weight is 427 g/mol. The molecule has 2 amide bonds. The Kier molecular flexibility index (Phi) is 7.54. The maximum absolute atomic E-state index is 12.8. The largest absolute Gasteiger partial charge is 0.378 e. The third-order valence-electron chi connectivity index (χ3n) is 4.71. The molecule has 0 aliphatic carbocycles. The van der Waals surface area contributed by atoms with Gasteiger partial charge in [-0.3, -0.25) is 9.59 Å². The van der Waals surface area contributed by atoms with Crippen molar-refractivity contribution in [2.75, 3.05) is 19.0 Å². The highest BCUT2D eigenvalue weighted by Crippen LogP contribution is 2.14. The van der Waals surface area contributed by atoms with E-state index in [1.165, 1.54) is 0 Å². The van der Waals surface area contributed by atoms with E-state index in [4.69, 9.17) is 0 Å². The van der Waals surface area contributed by atoms with Crippen LogP contribution in [0.15, 0.2) is 89.7 Å². The highest BCUT2D eigenvalue weighted by atomic mass is 16.2. The molecule has 3 aromatic rings. The van der Waals surface area contributed by atoms with Gasteiger partial charge in [-0.25, -0.2) is 5.43 Å². The Bertz CT molecular complexity index is 1120. The van der Waals surface area contributed by atoms with E-state index in [0.29, 0.717) is 5.56 Å². The summed E-state index contributed by atoms with van der Waals surface area (Å²) in [6, 6.07) is 24.1. The molecule has 0 saturated heterocycles. The molecule has 0 fully saturated rings. The number of aryl methyl sites for hydroxylation is 1. The van der Waals surface area contributed by atoms with Crippen molar-refractivity contribution in [1.82, 2.24) is 10.7 Å². The number of carbonyl (C=O) groups is 2. The van der Waals surface area contributed by atoms with E-state index >= 15 is 0 Å². The fourth-order valence-corrected chi connectivity index (χ4v) is 2.86. The summed E-state index contributed by atoms with van der Waals surface area (Å²) < 4.78 is 0. The minimum absolute atomic E-state index is 0.0949. The van der Waals surface area contributed by atoms with Crippen LogP contribution in [-0.2, 0) is 4.79 Å². The Morgan fingerprint density at radius 3 is 2.09 bits per heavy atom. The lowest BCUT2D eigenvalue weighted by Gasteiger charge is -2.12. The molecule has 0 aliphatic heterocycles. The Morgan fingerprint density at radius 1 is 0.844 bits per heavy atom. The molecule has 0 unspecified atom stereocenters. The van der Waals surface area contributed by atoms with Gasteiger partial charge in [0.2, 0.25) is 0 Å². The van der Waals surface area contributed by atoms with Gasteiger partial charge in [0.1, 0.15) is 5.70 Å². The van der Waals surface area contributed by atoms with Gasteiger partial charge in [-0.05, 0) is 48.4 Å². The number of hydrogen-bond donors (Lipinski definition) is 2. The van der Waals surface area contributed by atoms with Crippen LogP contribution >= 0.6 is 0 Å². The summed E-state index contributed by atoms with van der Waals surface area (Å²) in [5.41, 5.74) is 6.84. The van der Waals surface area contributed by atoms with Crippen LogP contribution in [-0.4, -0.2) is 32.1 Å². The molecule has 0 saturated carbocycles. The highest BCUT2D eigenvalue weighted by Gasteiger charge is 2.14. The molecule has 3 rings (SSSR count). The summed E-state index contributed by atoms with van der Waals surface area (Å²) in [4.78, 5) is 27.4. The fourth-order valence-electron chi connectivity index (χ4n) is 2.86. The molecule has 0 atom stereocenters. The minimum atomic E-state index is -0.519. The molecule has 6 nitrogen and oxygen atoms in total. The quantitative estimate of drug-likeness (QED) is 0.341. The summed E-state index contributed by atoms with van der Waals surface area (Å²) >= 11 is 0. The lowest BCUT2D eigenvalue weighted by molar-refractivity contribution is -0.117. The first kappa shape index (κ1) is 22.5. The van der Waals surface area contributed by atoms with Crippen LogP contribution in [0.25, 0.3) is 6.08 Å². The molecule has 0 aromatic heterocycles. The van der Waals surface area contributed by atoms with Crippen LogP contribution in [0.3, 0.4) is 0 Å². The Balaban J connectivity index is 1.80. The molecular weight excluding hydrogens is 400 g/mol. The standard InChI is InChI=1S/C26H26N4O2/c1-19-9-11-21(12-10-19)18-27-29-26(32)24(28-25(31)22-7-5-4-6-8-22)17-20-13-15-23(16-14-20)30(2)3/h4-18H,1-3H3,(H,28,31)(H,29,32)/b24-17+,27-18+. The molecule has 0 radical (unpaired) electrons. The number of hydrazone groups is 1. The first-order valence-corrected chi connectivity index (χ1v) is 10.2. The summed E-state index contributed by atoms with van der Waals surface area (Å²) in [6.07, 6.45) is 3.18. The van der Waals surface area contributed by atoms with Crippen molar-refractivity contribution in [3.63, 3.8) is 0 Å². The van der Waals surface area contributed by atoms with E-state index in [2.05, 4.69) is 15.8 Å². The van der Waals surface area contributed by atoms with E-state index in [-0.39, 0.29) is 11.6 Å². The van der Waals surface area contributed by atoms with Crippen molar-refractivity contribution in [2.24, 2.45) is 5.10 Å². The topological polar surface area (TPSA) is 73.8 Å². The highest BCUT2D eigenvalue weighted by molar-refractivity contribution is 6.05. The number of anilines is 1. The number of hydrogen-bond acceptors (Lipinski definition) is 4. The van der Waals surface area contributed by atoms with Gasteiger partial charge in [-0.1, -0.05) is 60.2 Å². The average Bonchev–Trinajstić information content (AvgIpc) is 2.80. The van der Waals surface area contributed by atoms with Gasteiger partial charge in [0.05, 0.1) is 6.21 Å². The van der Waals surface area contributed by atoms with Crippen molar-refractivity contribution in [1.29, 1.82) is 0 Å². The van der Waals surface area contributed by atoms with Crippen molar-refractivity contribution in [3.8, 4) is 0 Å². The molecule has 0 aliphatic rings. The van der Waals surface area contributed by atoms with Gasteiger partial charge in [-0.2, -0.15) is 5.10 Å². The second-order valence-corrected chi connectivity index (χ2v) is 7.47. The molecule has 0 spiro atoms. The van der Waals surface area contributed by atoms with Crippen LogP contribution in [0.2, 0.25) is 0 Å². The molecule has 162 valence electrons.